The number of carboxylic acid groups (broad SMARTS) is 1. The number of aromatic amines is 1. The van der Waals surface area contributed by atoms with E-state index in [9.17, 15) is 24.3 Å². The number of carbonyl (C=O) groups excluding carboxylic acids is 3. The van der Waals surface area contributed by atoms with Crippen molar-refractivity contribution in [2.24, 2.45) is 33.8 Å². The maximum Gasteiger partial charge on any atom is 0.326 e. The zero-order valence-corrected chi connectivity index (χ0v) is 25.0. The first-order valence-electron chi connectivity index (χ1n) is 14.7. The van der Waals surface area contributed by atoms with E-state index >= 15 is 0 Å². The molecule has 14 heteroatoms. The maximum absolute atomic E-state index is 13.7. The molecule has 0 saturated heterocycles. The summed E-state index contributed by atoms with van der Waals surface area (Å²) in [4.78, 5) is 59.0. The Morgan fingerprint density at radius 3 is 2.21 bits per heavy atom. The van der Waals surface area contributed by atoms with Gasteiger partial charge in [-0.3, -0.25) is 19.4 Å². The van der Waals surface area contributed by atoms with Crippen LogP contribution < -0.4 is 38.9 Å². The van der Waals surface area contributed by atoms with Crippen LogP contribution in [0.2, 0.25) is 0 Å². The molecule has 2 rings (SSSR count). The minimum atomic E-state index is -1.19. The van der Waals surface area contributed by atoms with Crippen LogP contribution in [0, 0.1) is 5.92 Å². The Kier molecular flexibility index (Phi) is 14.4. The Hall–Kier alpha value is -4.17. The van der Waals surface area contributed by atoms with Crippen molar-refractivity contribution in [3.05, 3.63) is 36.0 Å². The molecule has 1 aromatic heterocycles. The zero-order valence-electron chi connectivity index (χ0n) is 25.0. The number of guanidine groups is 1. The van der Waals surface area contributed by atoms with E-state index in [1.54, 1.807) is 6.20 Å². The van der Waals surface area contributed by atoms with Gasteiger partial charge in [0, 0.05) is 30.1 Å². The number of nitrogens with one attached hydrogen (secondary N) is 4. The summed E-state index contributed by atoms with van der Waals surface area (Å²) in [6.07, 6.45) is 4.28. The van der Waals surface area contributed by atoms with Crippen LogP contribution >= 0.6 is 0 Å². The summed E-state index contributed by atoms with van der Waals surface area (Å²) in [6.45, 7) is 4.36. The van der Waals surface area contributed by atoms with Crippen LogP contribution in [-0.2, 0) is 25.6 Å². The highest BCUT2D eigenvalue weighted by molar-refractivity contribution is 5.95. The first-order valence-corrected chi connectivity index (χ1v) is 14.7. The highest BCUT2D eigenvalue weighted by Gasteiger charge is 2.31. The second-order valence-electron chi connectivity index (χ2n) is 10.7. The number of fused-ring (bicyclic) bond motifs is 1. The molecule has 5 atom stereocenters. The zero-order chi connectivity index (χ0) is 31.9. The first-order chi connectivity index (χ1) is 20.5. The van der Waals surface area contributed by atoms with E-state index in [-0.39, 0.29) is 37.7 Å². The van der Waals surface area contributed by atoms with E-state index in [0.717, 1.165) is 16.5 Å². The second kappa shape index (κ2) is 17.7. The second-order valence-corrected chi connectivity index (χ2v) is 10.7. The number of H-pyrrole nitrogens is 1. The van der Waals surface area contributed by atoms with Crippen LogP contribution in [-0.4, -0.2) is 77.0 Å². The number of aliphatic carboxylic acids is 1. The monoisotopic (exact) mass is 601 g/mol. The highest BCUT2D eigenvalue weighted by atomic mass is 16.4. The van der Waals surface area contributed by atoms with Crippen molar-refractivity contribution in [1.82, 2.24) is 20.9 Å². The molecule has 2 aromatic rings. The summed E-state index contributed by atoms with van der Waals surface area (Å²) >= 11 is 0. The van der Waals surface area contributed by atoms with Crippen LogP contribution in [0.1, 0.15) is 57.9 Å². The van der Waals surface area contributed by atoms with Crippen LogP contribution in [0.5, 0.6) is 0 Å². The minimum absolute atomic E-state index is 0.115. The summed E-state index contributed by atoms with van der Waals surface area (Å²) < 4.78 is 0. The van der Waals surface area contributed by atoms with E-state index in [0.29, 0.717) is 32.2 Å². The number of carboxylic acids is 1. The minimum Gasteiger partial charge on any atom is -0.480 e. The van der Waals surface area contributed by atoms with E-state index in [1.165, 1.54) is 0 Å². The lowest BCUT2D eigenvalue weighted by molar-refractivity contribution is -0.142. The molecule has 0 fully saturated rings. The molecule has 0 aliphatic heterocycles. The standard InChI is InChI=1S/C29H47N9O5/c1-3-17(2)24(31)27(41)38-23(15-18-16-35-20-10-5-4-9-19(18)20)26(40)36-21(12-8-14-34-29(32)33)25(39)37-22(28(42)43)11-6-7-13-30/h4-5,9-10,16-17,21-24,35H,3,6-8,11-15,30-31H2,1-2H3,(H,36,40)(H,37,39)(H,38,41)(H,42,43)(H4,32,33,34). The van der Waals surface area contributed by atoms with Gasteiger partial charge in [0.15, 0.2) is 5.96 Å². The Morgan fingerprint density at radius 2 is 1.56 bits per heavy atom. The lowest BCUT2D eigenvalue weighted by Crippen LogP contribution is -2.58. The number of hydrogen-bond acceptors (Lipinski definition) is 7. The summed E-state index contributed by atoms with van der Waals surface area (Å²) in [5.74, 6) is -3.22. The predicted octanol–water partition coefficient (Wildman–Crippen LogP) is -0.195. The van der Waals surface area contributed by atoms with Gasteiger partial charge in [0.1, 0.15) is 18.1 Å². The van der Waals surface area contributed by atoms with Crippen molar-refractivity contribution >= 4 is 40.6 Å². The van der Waals surface area contributed by atoms with Gasteiger partial charge < -0.3 is 49.0 Å². The molecule has 0 spiro atoms. The fourth-order valence-corrected chi connectivity index (χ4v) is 4.58. The summed E-state index contributed by atoms with van der Waals surface area (Å²) in [7, 11) is 0. The number of rotatable bonds is 19. The van der Waals surface area contributed by atoms with Gasteiger partial charge in [0.25, 0.3) is 0 Å². The number of para-hydroxylation sites is 1. The number of unbranched alkanes of at least 4 members (excludes halogenated alkanes) is 1. The molecular formula is C29H47N9O5. The molecule has 0 aliphatic carbocycles. The summed E-state index contributed by atoms with van der Waals surface area (Å²) in [5.41, 5.74) is 24.1. The van der Waals surface area contributed by atoms with E-state index in [4.69, 9.17) is 22.9 Å². The van der Waals surface area contributed by atoms with Crippen molar-refractivity contribution in [3.8, 4) is 0 Å². The molecule has 43 heavy (non-hydrogen) atoms. The average molecular weight is 602 g/mol. The largest absolute Gasteiger partial charge is 0.480 e. The normalized spacial score (nSPS) is 14.6. The number of nitrogens with two attached hydrogens (primary N) is 4. The SMILES string of the molecule is CCC(C)C(N)C(=O)NC(Cc1c[nH]c2ccccc12)C(=O)NC(CCCN=C(N)N)C(=O)NC(CCCCN)C(=O)O. The van der Waals surface area contributed by atoms with Crippen LogP contribution in [0.25, 0.3) is 10.9 Å². The number of hydrogen-bond donors (Lipinski definition) is 9. The van der Waals surface area contributed by atoms with Crippen LogP contribution in [0.4, 0.5) is 0 Å². The quantitative estimate of drug-likeness (QED) is 0.0586. The van der Waals surface area contributed by atoms with Gasteiger partial charge in [-0.2, -0.15) is 0 Å². The van der Waals surface area contributed by atoms with Gasteiger partial charge in [-0.05, 0) is 56.2 Å². The summed E-state index contributed by atoms with van der Waals surface area (Å²) in [6, 6.07) is 3.35. The number of carbonyl (C=O) groups is 4. The van der Waals surface area contributed by atoms with E-state index in [2.05, 4.69) is 25.9 Å². The highest BCUT2D eigenvalue weighted by Crippen LogP contribution is 2.19. The van der Waals surface area contributed by atoms with Crippen molar-refractivity contribution in [2.45, 2.75) is 83.0 Å². The Labute approximate surface area is 251 Å². The van der Waals surface area contributed by atoms with Crippen molar-refractivity contribution in [3.63, 3.8) is 0 Å². The van der Waals surface area contributed by atoms with Crippen molar-refractivity contribution < 1.29 is 24.3 Å². The molecule has 238 valence electrons. The fourth-order valence-electron chi connectivity index (χ4n) is 4.58. The molecule has 0 saturated carbocycles. The van der Waals surface area contributed by atoms with Gasteiger partial charge >= 0.3 is 5.97 Å². The third-order valence-corrected chi connectivity index (χ3v) is 7.43. The third kappa shape index (κ3) is 11.2. The fraction of sp³-hybridized carbons (Fsp3) is 0.552. The topological polar surface area (TPSA) is 257 Å². The van der Waals surface area contributed by atoms with Gasteiger partial charge in [-0.15, -0.1) is 0 Å². The molecule has 0 radical (unpaired) electrons. The van der Waals surface area contributed by atoms with Gasteiger partial charge in [-0.25, -0.2) is 4.79 Å². The number of benzene rings is 1. The Bertz CT molecular complexity index is 1240. The Morgan fingerprint density at radius 1 is 0.930 bits per heavy atom. The number of aliphatic imine (C=N–C) groups is 1. The lowest BCUT2D eigenvalue weighted by Gasteiger charge is -2.26. The molecule has 0 bridgehead atoms. The van der Waals surface area contributed by atoms with Gasteiger partial charge in [0.05, 0.1) is 6.04 Å². The van der Waals surface area contributed by atoms with Crippen molar-refractivity contribution in [2.75, 3.05) is 13.1 Å². The maximum atomic E-state index is 13.7. The molecule has 0 aliphatic rings. The first kappa shape index (κ1) is 35.0. The molecular weight excluding hydrogens is 554 g/mol. The van der Waals surface area contributed by atoms with Gasteiger partial charge in [-0.1, -0.05) is 38.5 Å². The Balaban J connectivity index is 2.32. The number of aromatic nitrogens is 1. The van der Waals surface area contributed by atoms with Crippen LogP contribution in [0.15, 0.2) is 35.5 Å². The molecule has 13 N–H and O–H groups in total. The predicted molar refractivity (Wildman–Crippen MR) is 166 cm³/mol. The van der Waals surface area contributed by atoms with Gasteiger partial charge in [0.2, 0.25) is 17.7 Å². The average Bonchev–Trinajstić information content (AvgIpc) is 3.39. The number of nitrogens with zero attached hydrogens (tertiary/aromatic N) is 1. The molecule has 5 unspecified atom stereocenters. The van der Waals surface area contributed by atoms with E-state index < -0.39 is 47.9 Å². The van der Waals surface area contributed by atoms with E-state index in [1.807, 2.05) is 38.1 Å². The number of amides is 3. The lowest BCUT2D eigenvalue weighted by atomic mass is 9.98. The smallest absolute Gasteiger partial charge is 0.326 e. The summed E-state index contributed by atoms with van der Waals surface area (Å²) in [5, 5.41) is 18.6. The van der Waals surface area contributed by atoms with Crippen molar-refractivity contribution in [1.29, 1.82) is 0 Å². The third-order valence-electron chi connectivity index (χ3n) is 7.43. The molecule has 1 aromatic carbocycles. The molecule has 14 nitrogen and oxygen atoms in total. The molecule has 3 amide bonds. The molecule has 1 heterocycles. The van der Waals surface area contributed by atoms with Crippen LogP contribution in [0.3, 0.4) is 0 Å².